The molecule has 1 aliphatic heterocycles. The van der Waals surface area contributed by atoms with Gasteiger partial charge in [-0.05, 0) is 0 Å². The first kappa shape index (κ1) is 11.0. The van der Waals surface area contributed by atoms with E-state index in [4.69, 9.17) is 5.73 Å². The van der Waals surface area contributed by atoms with E-state index in [0.29, 0.717) is 36.1 Å². The molecule has 0 saturated carbocycles. The number of nitrogens with two attached hydrogens (primary N) is 1. The highest BCUT2D eigenvalue weighted by atomic mass is 32.2. The summed E-state index contributed by atoms with van der Waals surface area (Å²) in [7, 11) is -0.718. The van der Waals surface area contributed by atoms with Crippen LogP contribution in [0.4, 0.5) is 5.95 Å². The second-order valence-electron chi connectivity index (χ2n) is 3.47. The Hall–Kier alpha value is -1.50. The van der Waals surface area contributed by atoms with Gasteiger partial charge in [0.25, 0.3) is 5.91 Å². The first-order chi connectivity index (χ1) is 7.66. The van der Waals surface area contributed by atoms with Crippen molar-refractivity contribution >= 4 is 22.7 Å². The summed E-state index contributed by atoms with van der Waals surface area (Å²) in [4.78, 5) is 20.9. The van der Waals surface area contributed by atoms with E-state index >= 15 is 0 Å². The van der Waals surface area contributed by atoms with Crippen LogP contribution in [-0.4, -0.2) is 44.7 Å². The second kappa shape index (κ2) is 4.56. The van der Waals surface area contributed by atoms with Crippen LogP contribution in [0.5, 0.6) is 0 Å². The predicted octanol–water partition coefficient (Wildman–Crippen LogP) is -0.856. The molecule has 16 heavy (non-hydrogen) atoms. The van der Waals surface area contributed by atoms with Gasteiger partial charge in [-0.25, -0.2) is 9.97 Å². The molecule has 86 valence electrons. The van der Waals surface area contributed by atoms with Crippen LogP contribution >= 0.6 is 0 Å². The van der Waals surface area contributed by atoms with Crippen molar-refractivity contribution in [2.24, 2.45) is 5.73 Å². The number of carbonyl (C=O) groups is 1. The summed E-state index contributed by atoms with van der Waals surface area (Å²) >= 11 is 0. The predicted molar refractivity (Wildman–Crippen MR) is 60.6 cm³/mol. The van der Waals surface area contributed by atoms with Gasteiger partial charge in [-0.1, -0.05) is 0 Å². The lowest BCUT2D eigenvalue weighted by molar-refractivity contribution is 0.0999. The van der Waals surface area contributed by atoms with Gasteiger partial charge in [0.05, 0.1) is 5.56 Å². The number of carbonyl (C=O) groups excluding carboxylic acids is 1. The minimum Gasteiger partial charge on any atom is -0.366 e. The van der Waals surface area contributed by atoms with E-state index in [2.05, 4.69) is 9.97 Å². The van der Waals surface area contributed by atoms with Gasteiger partial charge >= 0.3 is 0 Å². The molecule has 0 unspecified atom stereocenters. The van der Waals surface area contributed by atoms with Gasteiger partial charge in [-0.3, -0.25) is 9.00 Å². The Labute approximate surface area is 95.3 Å². The Kier molecular flexibility index (Phi) is 3.14. The monoisotopic (exact) mass is 240 g/mol. The lowest BCUT2D eigenvalue weighted by Gasteiger charge is -2.25. The smallest absolute Gasteiger partial charge is 0.251 e. The normalized spacial score (nSPS) is 17.4. The van der Waals surface area contributed by atoms with Gasteiger partial charge in [-0.15, -0.1) is 0 Å². The lowest BCUT2D eigenvalue weighted by Crippen LogP contribution is -2.38. The topological polar surface area (TPSA) is 89.2 Å². The number of hydrogen-bond acceptors (Lipinski definition) is 5. The van der Waals surface area contributed by atoms with Crippen LogP contribution < -0.4 is 10.6 Å². The van der Waals surface area contributed by atoms with Gasteiger partial charge in [0.1, 0.15) is 0 Å². The summed E-state index contributed by atoms with van der Waals surface area (Å²) in [5.41, 5.74) is 5.38. The van der Waals surface area contributed by atoms with Gasteiger partial charge in [0.15, 0.2) is 0 Å². The maximum Gasteiger partial charge on any atom is 0.251 e. The van der Waals surface area contributed by atoms with Crippen LogP contribution in [0, 0.1) is 0 Å². The molecule has 1 amide bonds. The van der Waals surface area contributed by atoms with Crippen molar-refractivity contribution in [3.63, 3.8) is 0 Å². The van der Waals surface area contributed by atoms with E-state index < -0.39 is 16.7 Å². The molecule has 0 spiro atoms. The molecular formula is C9H12N4O2S. The van der Waals surface area contributed by atoms with Gasteiger partial charge in [-0.2, -0.15) is 0 Å². The van der Waals surface area contributed by atoms with Crippen molar-refractivity contribution < 1.29 is 9.00 Å². The zero-order valence-electron chi connectivity index (χ0n) is 8.63. The molecule has 1 aromatic heterocycles. The summed E-state index contributed by atoms with van der Waals surface area (Å²) in [5, 5.41) is 0. The van der Waals surface area contributed by atoms with E-state index in [1.807, 2.05) is 4.90 Å². The molecule has 0 bridgehead atoms. The number of rotatable bonds is 2. The van der Waals surface area contributed by atoms with Crippen LogP contribution in [-0.2, 0) is 10.8 Å². The fourth-order valence-corrected chi connectivity index (χ4v) is 2.50. The van der Waals surface area contributed by atoms with Crippen molar-refractivity contribution in [2.75, 3.05) is 29.5 Å². The first-order valence-corrected chi connectivity index (χ1v) is 6.37. The van der Waals surface area contributed by atoms with E-state index in [9.17, 15) is 9.00 Å². The quantitative estimate of drug-likeness (QED) is 0.727. The molecule has 0 aliphatic carbocycles. The van der Waals surface area contributed by atoms with Crippen LogP contribution in [0.15, 0.2) is 12.4 Å². The third-order valence-corrected chi connectivity index (χ3v) is 3.66. The van der Waals surface area contributed by atoms with Crippen LogP contribution in [0.25, 0.3) is 0 Å². The molecule has 2 rings (SSSR count). The molecule has 1 saturated heterocycles. The first-order valence-electron chi connectivity index (χ1n) is 4.88. The standard InChI is InChI=1S/C9H12N4O2S/c10-8(14)7-5-11-9(12-6-7)13-1-3-16(15)4-2-13/h5-6H,1-4H2,(H2,10,14). The zero-order chi connectivity index (χ0) is 11.5. The van der Waals surface area contributed by atoms with Crippen molar-refractivity contribution in [2.45, 2.75) is 0 Å². The minimum atomic E-state index is -0.718. The van der Waals surface area contributed by atoms with E-state index in [1.54, 1.807) is 0 Å². The van der Waals surface area contributed by atoms with Gasteiger partial charge in [0, 0.05) is 47.8 Å². The Morgan fingerprint density at radius 1 is 1.31 bits per heavy atom. The Bertz CT molecular complexity index is 410. The van der Waals surface area contributed by atoms with Crippen molar-refractivity contribution in [1.29, 1.82) is 0 Å². The van der Waals surface area contributed by atoms with Crippen LogP contribution in [0.1, 0.15) is 10.4 Å². The van der Waals surface area contributed by atoms with Crippen molar-refractivity contribution in [3.05, 3.63) is 18.0 Å². The number of primary amides is 1. The maximum absolute atomic E-state index is 11.2. The SMILES string of the molecule is NC(=O)c1cnc(N2CCS(=O)CC2)nc1. The Morgan fingerprint density at radius 2 is 1.88 bits per heavy atom. The Morgan fingerprint density at radius 3 is 2.38 bits per heavy atom. The number of hydrogen-bond donors (Lipinski definition) is 1. The second-order valence-corrected chi connectivity index (χ2v) is 5.17. The molecule has 1 aromatic rings. The van der Waals surface area contributed by atoms with E-state index in [-0.39, 0.29) is 0 Å². The fourth-order valence-electron chi connectivity index (χ4n) is 1.45. The fraction of sp³-hybridized carbons (Fsp3) is 0.444. The highest BCUT2D eigenvalue weighted by molar-refractivity contribution is 7.85. The Balaban J connectivity index is 2.10. The average molecular weight is 240 g/mol. The summed E-state index contributed by atoms with van der Waals surface area (Å²) in [6, 6.07) is 0. The number of anilines is 1. The largest absolute Gasteiger partial charge is 0.366 e. The lowest BCUT2D eigenvalue weighted by atomic mass is 10.3. The zero-order valence-corrected chi connectivity index (χ0v) is 9.44. The highest BCUT2D eigenvalue weighted by Gasteiger charge is 2.17. The third-order valence-electron chi connectivity index (χ3n) is 2.38. The van der Waals surface area contributed by atoms with E-state index in [1.165, 1.54) is 12.4 Å². The molecule has 0 atom stereocenters. The molecule has 2 heterocycles. The number of nitrogens with zero attached hydrogens (tertiary/aromatic N) is 3. The summed E-state index contributed by atoms with van der Waals surface area (Å²) in [6.45, 7) is 1.37. The van der Waals surface area contributed by atoms with E-state index in [0.717, 1.165) is 0 Å². The minimum absolute atomic E-state index is 0.296. The average Bonchev–Trinajstić information content (AvgIpc) is 2.30. The molecule has 1 fully saturated rings. The van der Waals surface area contributed by atoms with Gasteiger partial charge < -0.3 is 10.6 Å². The number of amides is 1. The molecule has 6 nitrogen and oxygen atoms in total. The van der Waals surface area contributed by atoms with Crippen molar-refractivity contribution in [3.8, 4) is 0 Å². The molecule has 0 aromatic carbocycles. The number of aromatic nitrogens is 2. The highest BCUT2D eigenvalue weighted by Crippen LogP contribution is 2.10. The summed E-state index contributed by atoms with van der Waals surface area (Å²) < 4.78 is 11.2. The molecule has 2 N–H and O–H groups in total. The molecule has 0 radical (unpaired) electrons. The molecule has 1 aliphatic rings. The van der Waals surface area contributed by atoms with Crippen LogP contribution in [0.3, 0.4) is 0 Å². The molecular weight excluding hydrogens is 228 g/mol. The van der Waals surface area contributed by atoms with Crippen molar-refractivity contribution in [1.82, 2.24) is 9.97 Å². The van der Waals surface area contributed by atoms with Gasteiger partial charge in [0.2, 0.25) is 5.95 Å². The summed E-state index contributed by atoms with van der Waals surface area (Å²) in [5.74, 6) is 1.30. The molecule has 7 heteroatoms. The summed E-state index contributed by atoms with van der Waals surface area (Å²) in [6.07, 6.45) is 2.83. The van der Waals surface area contributed by atoms with Crippen LogP contribution in [0.2, 0.25) is 0 Å². The third kappa shape index (κ3) is 2.35. The maximum atomic E-state index is 11.2.